The Morgan fingerprint density at radius 3 is 2.08 bits per heavy atom. The third kappa shape index (κ3) is 8.52. The van der Waals surface area contributed by atoms with E-state index < -0.39 is 36.7 Å². The molecule has 5 aromatic heterocycles. The van der Waals surface area contributed by atoms with Crippen LogP contribution < -0.4 is 26.1 Å². The van der Waals surface area contributed by atoms with E-state index in [0.29, 0.717) is 36.9 Å². The first-order valence-corrected chi connectivity index (χ1v) is 15.6. The summed E-state index contributed by atoms with van der Waals surface area (Å²) in [7, 11) is -5.31. The van der Waals surface area contributed by atoms with E-state index in [0.717, 1.165) is 24.1 Å². The molecule has 5 heterocycles. The van der Waals surface area contributed by atoms with Gasteiger partial charge in [-0.05, 0) is 103 Å². The van der Waals surface area contributed by atoms with Gasteiger partial charge in [0.25, 0.3) is 11.5 Å². The summed E-state index contributed by atoms with van der Waals surface area (Å²) in [6.07, 6.45) is 8.46. The molecule has 1 fully saturated rings. The average molecular weight is 666 g/mol. The van der Waals surface area contributed by atoms with Crippen molar-refractivity contribution < 1.29 is 32.7 Å². The van der Waals surface area contributed by atoms with Crippen LogP contribution in [0.4, 0.5) is 11.4 Å². The van der Waals surface area contributed by atoms with Crippen molar-refractivity contribution in [3.63, 3.8) is 0 Å². The Morgan fingerprint density at radius 1 is 0.958 bits per heavy atom. The monoisotopic (exact) mass is 665 g/mol. The maximum atomic E-state index is 12.9. The van der Waals surface area contributed by atoms with Gasteiger partial charge in [-0.15, -0.1) is 0 Å². The number of nitrogens with two attached hydrogens (primary N) is 1. The predicted octanol–water partition coefficient (Wildman–Crippen LogP) is 4.42. The Hall–Kier alpha value is -4.88. The largest absolute Gasteiger partial charge is 0.493 e. The van der Waals surface area contributed by atoms with Gasteiger partial charge in [0.05, 0.1) is 79.7 Å². The molecule has 256 valence electrons. The summed E-state index contributed by atoms with van der Waals surface area (Å²) in [5, 5.41) is 31.1. The number of anilines is 2. The summed E-state index contributed by atoms with van der Waals surface area (Å²) in [5.74, 6) is -0.692. The van der Waals surface area contributed by atoms with Crippen molar-refractivity contribution in [3.8, 4) is 11.5 Å². The number of nitrogens with zero attached hydrogens (tertiary/aromatic N) is 5. The first-order valence-electron chi connectivity index (χ1n) is 18.6. The van der Waals surface area contributed by atoms with Gasteiger partial charge in [0.1, 0.15) is 5.56 Å². The first kappa shape index (κ1) is 27.1. The fraction of sp³-hybridized carbons (Fsp3) is 0.429. The molecule has 6 rings (SSSR count). The van der Waals surface area contributed by atoms with Gasteiger partial charge in [-0.25, -0.2) is 9.03 Å². The molecule has 1 aliphatic rings. The number of rotatable bonds is 11. The highest BCUT2D eigenvalue weighted by Gasteiger charge is 2.26. The second kappa shape index (κ2) is 13.7. The molecule has 0 saturated heterocycles. The third-order valence-corrected chi connectivity index (χ3v) is 7.87. The van der Waals surface area contributed by atoms with Gasteiger partial charge in [0.15, 0.2) is 11.5 Å². The molecule has 0 aliphatic heterocycles. The lowest BCUT2D eigenvalue weighted by Crippen LogP contribution is -2.28. The molecule has 48 heavy (non-hydrogen) atoms. The number of hydrogen-bond acceptors (Lipinski definition) is 9. The zero-order valence-electron chi connectivity index (χ0n) is 33.4. The number of aryl methyl sites for hydroxylation is 2. The van der Waals surface area contributed by atoms with Crippen LogP contribution in [-0.2, 0) is 12.8 Å². The molecule has 5 N–H and O–H groups in total. The van der Waals surface area contributed by atoms with Crippen molar-refractivity contribution in [2.45, 2.75) is 83.5 Å². The Morgan fingerprint density at radius 2 is 1.52 bits per heavy atom. The second-order valence-corrected chi connectivity index (χ2v) is 13.3. The van der Waals surface area contributed by atoms with Gasteiger partial charge < -0.3 is 35.3 Å². The molecule has 1 aliphatic carbocycles. The molecule has 0 atom stereocenters. The zero-order valence-corrected chi connectivity index (χ0v) is 27.4. The Labute approximate surface area is 287 Å². The number of fused-ring (bicyclic) bond motifs is 2. The number of hydrogen-bond donors (Lipinski definition) is 4. The van der Waals surface area contributed by atoms with E-state index in [4.69, 9.17) is 23.4 Å². The highest BCUT2D eigenvalue weighted by molar-refractivity contribution is 6.05. The van der Waals surface area contributed by atoms with Gasteiger partial charge in [-0.3, -0.25) is 9.59 Å². The lowest BCUT2D eigenvalue weighted by molar-refractivity contribution is 0.0705. The van der Waals surface area contributed by atoms with E-state index in [9.17, 15) is 19.8 Å². The zero-order chi connectivity index (χ0) is 39.8. The minimum atomic E-state index is -2.75. The van der Waals surface area contributed by atoms with Crippen molar-refractivity contribution >= 4 is 28.3 Å². The summed E-state index contributed by atoms with van der Waals surface area (Å²) in [6, 6.07) is 9.98. The summed E-state index contributed by atoms with van der Waals surface area (Å²) in [5.41, 5.74) is 6.92. The number of ether oxygens (including phenoxy) is 2. The van der Waals surface area contributed by atoms with Crippen LogP contribution in [0.15, 0.2) is 59.8 Å². The van der Waals surface area contributed by atoms with Gasteiger partial charge >= 0.3 is 0 Å². The number of nitrogen functional groups attached to an aromatic ring is 1. The normalized spacial score (nSPS) is 15.7. The molecular weight excluding hydrogens is 614 g/mol. The number of pyridine rings is 3. The quantitative estimate of drug-likeness (QED) is 0.159. The number of aromatic nitrogens is 5. The number of amides is 1. The van der Waals surface area contributed by atoms with Gasteiger partial charge in [-0.2, -0.15) is 10.2 Å². The molecule has 1 saturated carbocycles. The smallest absolute Gasteiger partial charge is 0.263 e. The van der Waals surface area contributed by atoms with Gasteiger partial charge in [-0.1, -0.05) is 0 Å². The molecule has 0 spiro atoms. The first-order chi connectivity index (χ1) is 24.9. The molecule has 1 amide bonds. The minimum absolute atomic E-state index is 0.0384. The number of carbonyl (C=O) groups excluding carboxylic acids is 1. The molecule has 0 aromatic carbocycles. The topological polar surface area (TPSA) is 171 Å². The molecular formula is C35H45N7O6. The fourth-order valence-corrected chi connectivity index (χ4v) is 5.05. The van der Waals surface area contributed by atoms with Crippen molar-refractivity contribution in [1.29, 1.82) is 0 Å². The highest BCUT2D eigenvalue weighted by Crippen LogP contribution is 2.33. The molecule has 0 bridgehead atoms. The number of aliphatic hydroxyl groups is 2. The van der Waals surface area contributed by atoms with E-state index in [1.165, 1.54) is 27.5 Å². The fourth-order valence-electron chi connectivity index (χ4n) is 5.05. The van der Waals surface area contributed by atoms with Crippen LogP contribution in [0.1, 0.15) is 89.4 Å². The summed E-state index contributed by atoms with van der Waals surface area (Å²) in [4.78, 5) is 25.6. The Kier molecular flexibility index (Phi) is 7.73. The Bertz CT molecular complexity index is 2190. The van der Waals surface area contributed by atoms with Crippen molar-refractivity contribution in [3.05, 3.63) is 82.3 Å². The van der Waals surface area contributed by atoms with Crippen molar-refractivity contribution in [1.82, 2.24) is 23.8 Å². The van der Waals surface area contributed by atoms with E-state index >= 15 is 0 Å². The van der Waals surface area contributed by atoms with Gasteiger partial charge in [0, 0.05) is 12.2 Å². The number of methoxy groups -OCH3 is 2. The lowest BCUT2D eigenvalue weighted by atomic mass is 10.0. The standard InChI is InChI=1S/C22H26N4O4.C13H19N3O2/c1-22(2,29)9-8-14-11-16-12-18(19(30-3)13-26(16)24-14)23-20(27)17-5-4-10-25(21(17)28)15-6-7-15;1-13(2,17)5-4-9-6-10-7-11(14)12(18-3)8-16(10)15-9/h4-5,10-13,15,29H,6-9H2,1-3H3,(H,23,27);6-8,17H,4-5,14H2,1-3H3/i2*3D3. The van der Waals surface area contributed by atoms with Crippen molar-refractivity contribution in [2.24, 2.45) is 0 Å². The van der Waals surface area contributed by atoms with Crippen LogP contribution >= 0.6 is 0 Å². The molecule has 13 heteroatoms. The van der Waals surface area contributed by atoms with Crippen LogP contribution in [0.5, 0.6) is 11.5 Å². The SMILES string of the molecule is [2H]C([2H])([2H])Oc1cn2nc(CCC(C)(C)O)cc2cc1N.[2H]C([2H])([2H])Oc1cn2nc(CCC(C)(C)O)cc2cc1NC(=O)c1cccn(C2CC2)c1=O. The lowest BCUT2D eigenvalue weighted by Gasteiger charge is -2.15. The van der Waals surface area contributed by atoms with Crippen LogP contribution in [0.2, 0.25) is 0 Å². The van der Waals surface area contributed by atoms with E-state index in [-0.39, 0.29) is 34.5 Å². The molecule has 0 unspecified atom stereocenters. The van der Waals surface area contributed by atoms with E-state index in [1.807, 2.05) is 6.07 Å². The van der Waals surface area contributed by atoms with Crippen molar-refractivity contribution in [2.75, 3.05) is 25.1 Å². The van der Waals surface area contributed by atoms with Crippen LogP contribution in [-0.4, -0.2) is 65.2 Å². The van der Waals surface area contributed by atoms with Crippen LogP contribution in [0.3, 0.4) is 0 Å². The van der Waals surface area contributed by atoms with Crippen LogP contribution in [0, 0.1) is 0 Å². The number of carbonyl (C=O) groups is 1. The Balaban J connectivity index is 0.000000230. The molecule has 5 aromatic rings. The summed E-state index contributed by atoms with van der Waals surface area (Å²) < 4.78 is 58.2. The highest BCUT2D eigenvalue weighted by atomic mass is 16.5. The summed E-state index contributed by atoms with van der Waals surface area (Å²) in [6.45, 7) is 6.89. The second-order valence-electron chi connectivity index (χ2n) is 13.3. The maximum absolute atomic E-state index is 12.9. The third-order valence-electron chi connectivity index (χ3n) is 7.87. The van der Waals surface area contributed by atoms with Gasteiger partial charge in [0.2, 0.25) is 0 Å². The van der Waals surface area contributed by atoms with E-state index in [1.54, 1.807) is 62.7 Å². The average Bonchev–Trinajstić information content (AvgIpc) is 3.67. The maximum Gasteiger partial charge on any atom is 0.263 e. The number of nitrogens with one attached hydrogen (secondary N) is 1. The molecule has 0 radical (unpaired) electrons. The minimum Gasteiger partial charge on any atom is -0.493 e. The molecule has 13 nitrogen and oxygen atoms in total. The van der Waals surface area contributed by atoms with E-state index in [2.05, 4.69) is 15.5 Å². The van der Waals surface area contributed by atoms with Crippen LogP contribution in [0.25, 0.3) is 11.0 Å². The summed E-state index contributed by atoms with van der Waals surface area (Å²) >= 11 is 0. The predicted molar refractivity (Wildman–Crippen MR) is 184 cm³/mol.